The van der Waals surface area contributed by atoms with Crippen LogP contribution >= 0.6 is 0 Å². The number of carboxylic acids is 1. The third-order valence-corrected chi connectivity index (χ3v) is 1.75. The highest BCUT2D eigenvalue weighted by molar-refractivity contribution is 5.83. The number of nitrogens with zero attached hydrogens (tertiary/aromatic N) is 2. The average molecular weight is 165 g/mol. The van der Waals surface area contributed by atoms with Gasteiger partial charge in [0.25, 0.3) is 0 Å². The fraction of sp³-hybridized carbons (Fsp3) is 0.286. The molecule has 0 radical (unpaired) electrons. The zero-order valence-electron chi connectivity index (χ0n) is 6.24. The van der Waals surface area contributed by atoms with Gasteiger partial charge in [-0.15, -0.1) is 0 Å². The number of rotatable bonds is 1. The lowest BCUT2D eigenvalue weighted by molar-refractivity contribution is 0.0683. The van der Waals surface area contributed by atoms with Crippen LogP contribution in [0.25, 0.3) is 0 Å². The third kappa shape index (κ3) is 1.04. The number of carboxylic acid groups (broad SMARTS) is 1. The highest BCUT2D eigenvalue weighted by Crippen LogP contribution is 2.10. The first kappa shape index (κ1) is 7.17. The molecule has 0 bridgehead atoms. The number of aromatic carboxylic acids is 1. The summed E-state index contributed by atoms with van der Waals surface area (Å²) in [5, 5.41) is 11.6. The molecule has 1 aliphatic rings. The molecule has 1 aromatic heterocycles. The van der Waals surface area contributed by atoms with E-state index in [2.05, 4.69) is 15.3 Å². The summed E-state index contributed by atoms with van der Waals surface area (Å²) in [6.07, 6.45) is 1.56. The van der Waals surface area contributed by atoms with Gasteiger partial charge in [0.15, 0.2) is 0 Å². The van der Waals surface area contributed by atoms with Crippen molar-refractivity contribution in [3.05, 3.63) is 23.3 Å². The Bertz CT molecular complexity index is 337. The standard InChI is InChI=1S/C7H7N3O2/c11-7(12)6-9-2-4-1-8-3-5(4)10-6/h2,8H,1,3H2,(H,11,12). The van der Waals surface area contributed by atoms with Crippen LogP contribution in [0.15, 0.2) is 6.20 Å². The Morgan fingerprint density at radius 3 is 3.17 bits per heavy atom. The first-order valence-electron chi connectivity index (χ1n) is 3.56. The molecule has 0 atom stereocenters. The molecule has 62 valence electrons. The van der Waals surface area contributed by atoms with E-state index < -0.39 is 5.97 Å². The molecular weight excluding hydrogens is 158 g/mol. The van der Waals surface area contributed by atoms with Crippen molar-refractivity contribution in [2.45, 2.75) is 13.1 Å². The number of hydrogen-bond acceptors (Lipinski definition) is 4. The first-order chi connectivity index (χ1) is 5.77. The van der Waals surface area contributed by atoms with E-state index >= 15 is 0 Å². The number of carbonyl (C=O) groups is 1. The lowest BCUT2D eigenvalue weighted by Gasteiger charge is -1.96. The van der Waals surface area contributed by atoms with Gasteiger partial charge in [-0.25, -0.2) is 14.8 Å². The van der Waals surface area contributed by atoms with Gasteiger partial charge in [-0.1, -0.05) is 0 Å². The van der Waals surface area contributed by atoms with E-state index in [-0.39, 0.29) is 5.82 Å². The minimum Gasteiger partial charge on any atom is -0.475 e. The summed E-state index contributed by atoms with van der Waals surface area (Å²) in [5.41, 5.74) is 1.78. The van der Waals surface area contributed by atoms with Crippen molar-refractivity contribution in [2.24, 2.45) is 0 Å². The van der Waals surface area contributed by atoms with Gasteiger partial charge in [0.05, 0.1) is 5.69 Å². The molecule has 0 fully saturated rings. The van der Waals surface area contributed by atoms with E-state index in [0.29, 0.717) is 6.54 Å². The van der Waals surface area contributed by atoms with E-state index in [1.807, 2.05) is 0 Å². The lowest BCUT2D eigenvalue weighted by atomic mass is 10.3. The quantitative estimate of drug-likeness (QED) is 0.601. The summed E-state index contributed by atoms with van der Waals surface area (Å²) < 4.78 is 0. The third-order valence-electron chi connectivity index (χ3n) is 1.75. The van der Waals surface area contributed by atoms with Crippen molar-refractivity contribution in [3.63, 3.8) is 0 Å². The molecule has 2 N–H and O–H groups in total. The summed E-state index contributed by atoms with van der Waals surface area (Å²) in [6, 6.07) is 0. The lowest BCUT2D eigenvalue weighted by Crippen LogP contribution is -2.06. The number of aromatic nitrogens is 2. The van der Waals surface area contributed by atoms with Crippen molar-refractivity contribution in [3.8, 4) is 0 Å². The van der Waals surface area contributed by atoms with Gasteiger partial charge < -0.3 is 10.4 Å². The molecule has 2 rings (SSSR count). The maximum absolute atomic E-state index is 10.5. The van der Waals surface area contributed by atoms with Gasteiger partial charge in [-0.2, -0.15) is 0 Å². The molecule has 0 saturated carbocycles. The summed E-state index contributed by atoms with van der Waals surface area (Å²) in [7, 11) is 0. The van der Waals surface area contributed by atoms with Crippen molar-refractivity contribution in [1.82, 2.24) is 15.3 Å². The molecule has 1 aliphatic heterocycles. The van der Waals surface area contributed by atoms with Crippen molar-refractivity contribution in [1.29, 1.82) is 0 Å². The van der Waals surface area contributed by atoms with Crippen molar-refractivity contribution < 1.29 is 9.90 Å². The van der Waals surface area contributed by atoms with Gasteiger partial charge in [0.1, 0.15) is 0 Å². The van der Waals surface area contributed by atoms with E-state index in [1.54, 1.807) is 6.20 Å². The molecule has 0 aliphatic carbocycles. The molecule has 0 spiro atoms. The van der Waals surface area contributed by atoms with Gasteiger partial charge in [0, 0.05) is 24.8 Å². The predicted molar refractivity (Wildman–Crippen MR) is 39.5 cm³/mol. The minimum atomic E-state index is -1.08. The van der Waals surface area contributed by atoms with Crippen LogP contribution in [-0.2, 0) is 13.1 Å². The average Bonchev–Trinajstić information content (AvgIpc) is 2.49. The van der Waals surface area contributed by atoms with Gasteiger partial charge in [-0.3, -0.25) is 0 Å². The van der Waals surface area contributed by atoms with E-state index in [1.165, 1.54) is 0 Å². The van der Waals surface area contributed by atoms with Gasteiger partial charge in [-0.05, 0) is 0 Å². The van der Waals surface area contributed by atoms with Crippen LogP contribution < -0.4 is 5.32 Å². The molecule has 5 nitrogen and oxygen atoms in total. The Hall–Kier alpha value is -1.49. The highest BCUT2D eigenvalue weighted by Gasteiger charge is 2.15. The van der Waals surface area contributed by atoms with Crippen LogP contribution in [0.5, 0.6) is 0 Å². The van der Waals surface area contributed by atoms with Crippen molar-refractivity contribution in [2.75, 3.05) is 0 Å². The molecule has 0 unspecified atom stereocenters. The van der Waals surface area contributed by atoms with Gasteiger partial charge >= 0.3 is 5.97 Å². The maximum atomic E-state index is 10.5. The van der Waals surface area contributed by atoms with E-state index in [0.717, 1.165) is 17.8 Å². The Labute approximate surface area is 68.5 Å². The Kier molecular flexibility index (Phi) is 1.51. The number of fused-ring (bicyclic) bond motifs is 1. The number of hydrogen-bond donors (Lipinski definition) is 2. The number of nitrogens with one attached hydrogen (secondary N) is 1. The maximum Gasteiger partial charge on any atom is 0.373 e. The van der Waals surface area contributed by atoms with Crippen LogP contribution in [-0.4, -0.2) is 21.0 Å². The minimum absolute atomic E-state index is 0.127. The summed E-state index contributed by atoms with van der Waals surface area (Å²) in [6.45, 7) is 1.37. The van der Waals surface area contributed by atoms with Crippen LogP contribution in [0, 0.1) is 0 Å². The molecule has 12 heavy (non-hydrogen) atoms. The van der Waals surface area contributed by atoms with Crippen LogP contribution in [0.2, 0.25) is 0 Å². The van der Waals surface area contributed by atoms with E-state index in [4.69, 9.17) is 5.11 Å². The van der Waals surface area contributed by atoms with Crippen LogP contribution in [0.4, 0.5) is 0 Å². The Morgan fingerprint density at radius 2 is 2.42 bits per heavy atom. The highest BCUT2D eigenvalue weighted by atomic mass is 16.4. The SMILES string of the molecule is O=C(O)c1ncc2c(n1)CNC2. The van der Waals surface area contributed by atoms with E-state index in [9.17, 15) is 4.79 Å². The Morgan fingerprint density at radius 1 is 1.58 bits per heavy atom. The fourth-order valence-electron chi connectivity index (χ4n) is 1.16. The summed E-state index contributed by atoms with van der Waals surface area (Å²) in [5.74, 6) is -1.21. The molecule has 1 aromatic rings. The molecule has 0 saturated heterocycles. The molecular formula is C7H7N3O2. The van der Waals surface area contributed by atoms with Crippen LogP contribution in [0.1, 0.15) is 21.9 Å². The fourth-order valence-corrected chi connectivity index (χ4v) is 1.16. The molecule has 5 heteroatoms. The molecule has 2 heterocycles. The van der Waals surface area contributed by atoms with Crippen LogP contribution in [0.3, 0.4) is 0 Å². The first-order valence-corrected chi connectivity index (χ1v) is 3.56. The van der Waals surface area contributed by atoms with Gasteiger partial charge in [0.2, 0.25) is 5.82 Å². The normalized spacial score (nSPS) is 14.3. The largest absolute Gasteiger partial charge is 0.475 e. The zero-order chi connectivity index (χ0) is 8.55. The predicted octanol–water partition coefficient (Wildman–Crippen LogP) is -0.222. The smallest absolute Gasteiger partial charge is 0.373 e. The second kappa shape index (κ2) is 2.53. The summed E-state index contributed by atoms with van der Waals surface area (Å²) in [4.78, 5) is 18.0. The molecule has 0 amide bonds. The summed E-state index contributed by atoms with van der Waals surface area (Å²) >= 11 is 0. The zero-order valence-corrected chi connectivity index (χ0v) is 6.24. The Balaban J connectivity index is 2.45. The molecule has 0 aromatic carbocycles. The topological polar surface area (TPSA) is 75.1 Å². The van der Waals surface area contributed by atoms with Crippen molar-refractivity contribution >= 4 is 5.97 Å². The monoisotopic (exact) mass is 165 g/mol. The second-order valence-electron chi connectivity index (χ2n) is 2.57. The second-order valence-corrected chi connectivity index (χ2v) is 2.57.